The van der Waals surface area contributed by atoms with E-state index < -0.39 is 0 Å². The molecule has 0 saturated carbocycles. The standard InChI is InChI=1S/C25H30N2O4S/c1-29-20-14-19(15-21(30-2)23(20)31-3)16-22-24(28)26-25(32-22)27-11-9-18(10-12-27)13-17-7-5-4-6-8-17/h4-8,14-16,18,25H,9-13H2,1-3H3,(H,26,28)/b22-16+/t25-/m1/s1. The minimum atomic E-state index is -0.0415. The highest BCUT2D eigenvalue weighted by Crippen LogP contribution is 2.40. The molecule has 1 atom stereocenters. The van der Waals surface area contributed by atoms with E-state index in [0.717, 1.165) is 37.9 Å². The van der Waals surface area contributed by atoms with Crippen molar-refractivity contribution in [1.29, 1.82) is 0 Å². The molecular formula is C25H30N2O4S. The van der Waals surface area contributed by atoms with Crippen molar-refractivity contribution in [2.45, 2.75) is 24.8 Å². The third-order valence-corrected chi connectivity index (χ3v) is 7.25. The zero-order valence-corrected chi connectivity index (χ0v) is 19.6. The molecule has 0 radical (unpaired) electrons. The lowest BCUT2D eigenvalue weighted by Crippen LogP contribution is -2.45. The second kappa shape index (κ2) is 10.3. The number of hydrogen-bond acceptors (Lipinski definition) is 6. The molecule has 2 aliphatic rings. The van der Waals surface area contributed by atoms with Gasteiger partial charge in [-0.15, -0.1) is 0 Å². The number of thioether (sulfide) groups is 1. The maximum Gasteiger partial charge on any atom is 0.259 e. The van der Waals surface area contributed by atoms with Crippen LogP contribution in [-0.2, 0) is 11.2 Å². The predicted octanol–water partition coefficient (Wildman–Crippen LogP) is 4.15. The fourth-order valence-corrected chi connectivity index (χ4v) is 5.46. The van der Waals surface area contributed by atoms with E-state index in [4.69, 9.17) is 14.2 Å². The lowest BCUT2D eigenvalue weighted by molar-refractivity contribution is -0.117. The SMILES string of the molecule is COc1cc(/C=C2/S[C@@H](N3CCC(Cc4ccccc4)CC3)NC2=O)cc(OC)c1OC. The van der Waals surface area contributed by atoms with E-state index >= 15 is 0 Å². The van der Waals surface area contributed by atoms with Crippen molar-refractivity contribution < 1.29 is 19.0 Å². The number of nitrogens with one attached hydrogen (secondary N) is 1. The molecular weight excluding hydrogens is 424 g/mol. The minimum absolute atomic E-state index is 0.0199. The van der Waals surface area contributed by atoms with Gasteiger partial charge in [0.15, 0.2) is 11.5 Å². The number of likely N-dealkylation sites (tertiary alicyclic amines) is 1. The second-order valence-corrected chi connectivity index (χ2v) is 9.20. The monoisotopic (exact) mass is 454 g/mol. The maximum atomic E-state index is 12.7. The van der Waals surface area contributed by atoms with Crippen LogP contribution in [0.4, 0.5) is 0 Å². The van der Waals surface area contributed by atoms with Crippen molar-refractivity contribution >= 4 is 23.7 Å². The molecule has 1 amide bonds. The van der Waals surface area contributed by atoms with Crippen molar-refractivity contribution in [3.8, 4) is 17.2 Å². The second-order valence-electron chi connectivity index (χ2n) is 8.08. The third-order valence-electron chi connectivity index (χ3n) is 6.05. The van der Waals surface area contributed by atoms with E-state index in [9.17, 15) is 4.79 Å². The van der Waals surface area contributed by atoms with Gasteiger partial charge in [0.05, 0.1) is 26.2 Å². The number of rotatable bonds is 7. The van der Waals surface area contributed by atoms with Gasteiger partial charge in [-0.25, -0.2) is 0 Å². The molecule has 2 aromatic rings. The van der Waals surface area contributed by atoms with Crippen molar-refractivity contribution in [3.63, 3.8) is 0 Å². The maximum absolute atomic E-state index is 12.7. The molecule has 2 aromatic carbocycles. The Balaban J connectivity index is 1.40. The Morgan fingerprint density at radius 3 is 2.28 bits per heavy atom. The van der Waals surface area contributed by atoms with Crippen molar-refractivity contribution in [2.75, 3.05) is 34.4 Å². The first-order chi connectivity index (χ1) is 15.6. The van der Waals surface area contributed by atoms with Crippen LogP contribution in [0.1, 0.15) is 24.0 Å². The number of benzene rings is 2. The van der Waals surface area contributed by atoms with Crippen molar-refractivity contribution in [1.82, 2.24) is 10.2 Å². The summed E-state index contributed by atoms with van der Waals surface area (Å²) in [5, 5.41) is 3.13. The van der Waals surface area contributed by atoms with Crippen LogP contribution in [0.25, 0.3) is 6.08 Å². The van der Waals surface area contributed by atoms with Gasteiger partial charge in [0, 0.05) is 13.1 Å². The molecule has 2 heterocycles. The topological polar surface area (TPSA) is 60.0 Å². The summed E-state index contributed by atoms with van der Waals surface area (Å²) in [6, 6.07) is 14.4. The lowest BCUT2D eigenvalue weighted by Gasteiger charge is -2.35. The molecule has 0 unspecified atom stereocenters. The van der Waals surface area contributed by atoms with Crippen LogP contribution >= 0.6 is 11.8 Å². The molecule has 4 rings (SSSR count). The van der Waals surface area contributed by atoms with Crippen LogP contribution in [-0.4, -0.2) is 50.7 Å². The zero-order valence-electron chi connectivity index (χ0n) is 18.8. The first-order valence-corrected chi connectivity index (χ1v) is 11.8. The van der Waals surface area contributed by atoms with Gasteiger partial charge in [-0.1, -0.05) is 42.1 Å². The molecule has 2 aliphatic heterocycles. The van der Waals surface area contributed by atoms with Gasteiger partial charge in [-0.05, 0) is 54.5 Å². The number of ether oxygens (including phenoxy) is 3. The van der Waals surface area contributed by atoms with Gasteiger partial charge in [0.2, 0.25) is 5.75 Å². The molecule has 6 nitrogen and oxygen atoms in total. The van der Waals surface area contributed by atoms with Gasteiger partial charge >= 0.3 is 0 Å². The van der Waals surface area contributed by atoms with Gasteiger partial charge in [0.25, 0.3) is 5.91 Å². The third kappa shape index (κ3) is 5.05. The van der Waals surface area contributed by atoms with Crippen molar-refractivity contribution in [2.24, 2.45) is 5.92 Å². The van der Waals surface area contributed by atoms with Crippen LogP contribution in [0.3, 0.4) is 0 Å². The molecule has 2 saturated heterocycles. The van der Waals surface area contributed by atoms with Crippen LogP contribution in [0, 0.1) is 5.92 Å². The number of nitrogens with zero attached hydrogens (tertiary/aromatic N) is 1. The average molecular weight is 455 g/mol. The van der Waals surface area contributed by atoms with E-state index in [2.05, 4.69) is 40.5 Å². The highest BCUT2D eigenvalue weighted by atomic mass is 32.2. The molecule has 0 aliphatic carbocycles. The zero-order chi connectivity index (χ0) is 22.5. The molecule has 0 spiro atoms. The van der Waals surface area contributed by atoms with Crippen LogP contribution in [0.15, 0.2) is 47.4 Å². The molecule has 0 aromatic heterocycles. The minimum Gasteiger partial charge on any atom is -0.493 e. The van der Waals surface area contributed by atoms with E-state index in [-0.39, 0.29) is 11.4 Å². The summed E-state index contributed by atoms with van der Waals surface area (Å²) in [5.74, 6) is 2.33. The fourth-order valence-electron chi connectivity index (χ4n) is 4.33. The Labute approximate surface area is 193 Å². The molecule has 7 heteroatoms. The molecule has 32 heavy (non-hydrogen) atoms. The first-order valence-electron chi connectivity index (χ1n) is 10.9. The van der Waals surface area contributed by atoms with Crippen LogP contribution in [0.5, 0.6) is 17.2 Å². The van der Waals surface area contributed by atoms with Gasteiger partial charge < -0.3 is 19.5 Å². The van der Waals surface area contributed by atoms with Crippen LogP contribution in [0.2, 0.25) is 0 Å². The summed E-state index contributed by atoms with van der Waals surface area (Å²) >= 11 is 1.58. The number of carbonyl (C=O) groups is 1. The smallest absolute Gasteiger partial charge is 0.259 e. The summed E-state index contributed by atoms with van der Waals surface area (Å²) in [6.07, 6.45) is 5.30. The number of carbonyl (C=O) groups excluding carboxylic acids is 1. The Morgan fingerprint density at radius 2 is 1.69 bits per heavy atom. The lowest BCUT2D eigenvalue weighted by atomic mass is 9.90. The average Bonchev–Trinajstić information content (AvgIpc) is 3.19. The van der Waals surface area contributed by atoms with E-state index in [1.165, 1.54) is 5.56 Å². The van der Waals surface area contributed by atoms with Gasteiger partial charge in [-0.2, -0.15) is 0 Å². The molecule has 170 valence electrons. The number of methoxy groups -OCH3 is 3. The van der Waals surface area contributed by atoms with Crippen LogP contribution < -0.4 is 19.5 Å². The Hall–Kier alpha value is -2.64. The highest BCUT2D eigenvalue weighted by molar-refractivity contribution is 8.05. The molecule has 2 fully saturated rings. The summed E-state index contributed by atoms with van der Waals surface area (Å²) in [5.41, 5.74) is 2.22. The number of hydrogen-bond donors (Lipinski definition) is 1. The molecule has 1 N–H and O–H groups in total. The van der Waals surface area contributed by atoms with E-state index in [1.54, 1.807) is 33.1 Å². The quantitative estimate of drug-likeness (QED) is 0.634. The van der Waals surface area contributed by atoms with E-state index in [1.807, 2.05) is 18.2 Å². The number of amides is 1. The summed E-state index contributed by atoms with van der Waals surface area (Å²) in [6.45, 7) is 1.99. The largest absolute Gasteiger partial charge is 0.493 e. The Kier molecular flexibility index (Phi) is 7.27. The highest BCUT2D eigenvalue weighted by Gasteiger charge is 2.34. The Bertz CT molecular complexity index is 946. The molecule has 0 bridgehead atoms. The summed E-state index contributed by atoms with van der Waals surface area (Å²) in [4.78, 5) is 15.7. The van der Waals surface area contributed by atoms with E-state index in [0.29, 0.717) is 28.1 Å². The fraction of sp³-hybridized carbons (Fsp3) is 0.400. The van der Waals surface area contributed by atoms with Crippen molar-refractivity contribution in [3.05, 3.63) is 58.5 Å². The first kappa shape index (κ1) is 22.6. The normalized spacial score (nSPS) is 20.9. The summed E-state index contributed by atoms with van der Waals surface area (Å²) in [7, 11) is 4.75. The predicted molar refractivity (Wildman–Crippen MR) is 128 cm³/mol. The summed E-state index contributed by atoms with van der Waals surface area (Å²) < 4.78 is 16.2. The number of piperidine rings is 1. The Morgan fingerprint density at radius 1 is 1.03 bits per heavy atom. The van der Waals surface area contributed by atoms with Gasteiger partial charge in [0.1, 0.15) is 5.50 Å². The van der Waals surface area contributed by atoms with Gasteiger partial charge in [-0.3, -0.25) is 9.69 Å².